The fourth-order valence-electron chi connectivity index (χ4n) is 2.73. The van der Waals surface area contributed by atoms with Crippen molar-refractivity contribution >= 4 is 11.8 Å². The summed E-state index contributed by atoms with van der Waals surface area (Å²) in [6.07, 6.45) is 4.10. The number of hydrogen-bond donors (Lipinski definition) is 1. The van der Waals surface area contributed by atoms with Crippen LogP contribution in [0.2, 0.25) is 0 Å². The number of likely N-dealkylation sites (tertiary alicyclic amines) is 1. The number of nitriles is 1. The molecule has 5 heteroatoms. The molecule has 1 heterocycles. The normalized spacial score (nSPS) is 15.0. The molecule has 2 amide bonds. The number of unbranched alkanes of at least 4 members (excludes halogenated alkanes) is 1. The Balaban J connectivity index is 1.82. The van der Waals surface area contributed by atoms with E-state index in [-0.39, 0.29) is 17.9 Å². The van der Waals surface area contributed by atoms with Crippen molar-refractivity contribution in [2.45, 2.75) is 45.1 Å². The molecule has 0 aromatic heterocycles. The van der Waals surface area contributed by atoms with Gasteiger partial charge in [0, 0.05) is 31.1 Å². The van der Waals surface area contributed by atoms with Crippen molar-refractivity contribution in [2.24, 2.45) is 0 Å². The van der Waals surface area contributed by atoms with Gasteiger partial charge in [0.25, 0.3) is 5.91 Å². The summed E-state index contributed by atoms with van der Waals surface area (Å²) in [5, 5.41) is 11.8. The van der Waals surface area contributed by atoms with E-state index < -0.39 is 0 Å². The first-order valence-electron chi connectivity index (χ1n) is 8.23. The first-order valence-corrected chi connectivity index (χ1v) is 8.23. The fourth-order valence-corrected chi connectivity index (χ4v) is 2.73. The third kappa shape index (κ3) is 4.82. The predicted octanol–water partition coefficient (Wildman–Crippen LogP) is 2.47. The van der Waals surface area contributed by atoms with Crippen LogP contribution in [-0.4, -0.2) is 35.8 Å². The number of hydrogen-bond acceptors (Lipinski definition) is 3. The molecule has 1 N–H and O–H groups in total. The molecule has 1 saturated heterocycles. The SMILES string of the molecule is CCCCC(=O)NC1CCN(C(=O)c2ccc(C#N)cc2)CC1. The van der Waals surface area contributed by atoms with Crippen LogP contribution in [0.3, 0.4) is 0 Å². The molecule has 122 valence electrons. The molecule has 1 aliphatic rings. The highest BCUT2D eigenvalue weighted by Crippen LogP contribution is 2.15. The molecule has 1 aliphatic heterocycles. The van der Waals surface area contributed by atoms with Crippen LogP contribution in [0.5, 0.6) is 0 Å². The summed E-state index contributed by atoms with van der Waals surface area (Å²) in [6, 6.07) is 8.93. The highest BCUT2D eigenvalue weighted by Gasteiger charge is 2.24. The molecule has 5 nitrogen and oxygen atoms in total. The summed E-state index contributed by atoms with van der Waals surface area (Å²) >= 11 is 0. The van der Waals surface area contributed by atoms with Crippen molar-refractivity contribution in [2.75, 3.05) is 13.1 Å². The molecule has 0 unspecified atom stereocenters. The van der Waals surface area contributed by atoms with E-state index in [9.17, 15) is 9.59 Å². The number of nitrogens with one attached hydrogen (secondary N) is 1. The second kappa shape index (κ2) is 8.33. The van der Waals surface area contributed by atoms with Crippen LogP contribution >= 0.6 is 0 Å². The van der Waals surface area contributed by atoms with Crippen LogP contribution in [0, 0.1) is 11.3 Å². The number of amides is 2. The van der Waals surface area contributed by atoms with Gasteiger partial charge in [-0.15, -0.1) is 0 Å². The Morgan fingerprint density at radius 2 is 1.91 bits per heavy atom. The lowest BCUT2D eigenvalue weighted by Crippen LogP contribution is -2.46. The minimum absolute atomic E-state index is 0.00903. The largest absolute Gasteiger partial charge is 0.353 e. The Labute approximate surface area is 137 Å². The zero-order valence-corrected chi connectivity index (χ0v) is 13.5. The maximum atomic E-state index is 12.4. The van der Waals surface area contributed by atoms with E-state index in [4.69, 9.17) is 5.26 Å². The average Bonchev–Trinajstić information content (AvgIpc) is 2.60. The van der Waals surface area contributed by atoms with E-state index in [0.717, 1.165) is 25.7 Å². The molecular weight excluding hydrogens is 290 g/mol. The van der Waals surface area contributed by atoms with Crippen molar-refractivity contribution in [3.8, 4) is 6.07 Å². The van der Waals surface area contributed by atoms with Crippen molar-refractivity contribution in [3.05, 3.63) is 35.4 Å². The maximum Gasteiger partial charge on any atom is 0.253 e. The van der Waals surface area contributed by atoms with E-state index in [2.05, 4.69) is 12.2 Å². The Hall–Kier alpha value is -2.35. The number of rotatable bonds is 5. The van der Waals surface area contributed by atoms with Crippen LogP contribution in [0.4, 0.5) is 0 Å². The monoisotopic (exact) mass is 313 g/mol. The minimum Gasteiger partial charge on any atom is -0.353 e. The lowest BCUT2D eigenvalue weighted by molar-refractivity contribution is -0.122. The van der Waals surface area contributed by atoms with Gasteiger partial charge in [0.1, 0.15) is 0 Å². The molecule has 0 spiro atoms. The lowest BCUT2D eigenvalue weighted by Gasteiger charge is -2.32. The van der Waals surface area contributed by atoms with Gasteiger partial charge in [-0.3, -0.25) is 9.59 Å². The van der Waals surface area contributed by atoms with Crippen molar-refractivity contribution in [3.63, 3.8) is 0 Å². The van der Waals surface area contributed by atoms with Crippen LogP contribution in [-0.2, 0) is 4.79 Å². The summed E-state index contributed by atoms with van der Waals surface area (Å²) in [5.74, 6) is 0.106. The number of carbonyl (C=O) groups excluding carboxylic acids is 2. The van der Waals surface area contributed by atoms with Gasteiger partial charge in [0.15, 0.2) is 0 Å². The lowest BCUT2D eigenvalue weighted by atomic mass is 10.0. The zero-order chi connectivity index (χ0) is 16.7. The third-order valence-corrected chi connectivity index (χ3v) is 4.17. The van der Waals surface area contributed by atoms with E-state index in [1.165, 1.54) is 0 Å². The van der Waals surface area contributed by atoms with Crippen molar-refractivity contribution < 1.29 is 9.59 Å². The number of carbonyl (C=O) groups is 2. The Bertz CT molecular complexity index is 581. The summed E-state index contributed by atoms with van der Waals surface area (Å²) in [6.45, 7) is 3.37. The van der Waals surface area contributed by atoms with Gasteiger partial charge in [-0.1, -0.05) is 13.3 Å². The van der Waals surface area contributed by atoms with E-state index in [1.54, 1.807) is 24.3 Å². The number of piperidine rings is 1. The third-order valence-electron chi connectivity index (χ3n) is 4.17. The predicted molar refractivity (Wildman–Crippen MR) is 87.8 cm³/mol. The second-order valence-corrected chi connectivity index (χ2v) is 5.93. The average molecular weight is 313 g/mol. The fraction of sp³-hybridized carbons (Fsp3) is 0.500. The standard InChI is InChI=1S/C18H23N3O2/c1-2-3-4-17(22)20-16-9-11-21(12-10-16)18(23)15-7-5-14(13-19)6-8-15/h5-8,16H,2-4,9-12H2,1H3,(H,20,22). The highest BCUT2D eigenvalue weighted by atomic mass is 16.2. The topological polar surface area (TPSA) is 73.2 Å². The van der Waals surface area contributed by atoms with Crippen molar-refractivity contribution in [1.29, 1.82) is 5.26 Å². The minimum atomic E-state index is -0.00903. The van der Waals surface area contributed by atoms with E-state index in [1.807, 2.05) is 11.0 Å². The Kier molecular flexibility index (Phi) is 6.16. The number of benzene rings is 1. The van der Waals surface area contributed by atoms with Gasteiger partial charge in [-0.25, -0.2) is 0 Å². The van der Waals surface area contributed by atoms with Crippen LogP contribution in [0.25, 0.3) is 0 Å². The molecule has 1 fully saturated rings. The Morgan fingerprint density at radius 1 is 1.26 bits per heavy atom. The van der Waals surface area contributed by atoms with Crippen molar-refractivity contribution in [1.82, 2.24) is 10.2 Å². The van der Waals surface area contributed by atoms with Gasteiger partial charge >= 0.3 is 0 Å². The molecule has 0 bridgehead atoms. The molecule has 0 aliphatic carbocycles. The van der Waals surface area contributed by atoms with E-state index in [0.29, 0.717) is 30.6 Å². The molecule has 23 heavy (non-hydrogen) atoms. The first-order chi connectivity index (χ1) is 11.1. The van der Waals surface area contributed by atoms with Crippen LogP contribution in [0.1, 0.15) is 54.9 Å². The molecule has 1 aromatic rings. The molecule has 2 rings (SSSR count). The van der Waals surface area contributed by atoms with Crippen LogP contribution < -0.4 is 5.32 Å². The summed E-state index contributed by atoms with van der Waals surface area (Å²) in [7, 11) is 0. The maximum absolute atomic E-state index is 12.4. The summed E-state index contributed by atoms with van der Waals surface area (Å²) < 4.78 is 0. The quantitative estimate of drug-likeness (QED) is 0.907. The van der Waals surface area contributed by atoms with Crippen LogP contribution in [0.15, 0.2) is 24.3 Å². The molecular formula is C18H23N3O2. The van der Waals surface area contributed by atoms with Gasteiger partial charge in [-0.2, -0.15) is 5.26 Å². The van der Waals surface area contributed by atoms with Gasteiger partial charge in [0.2, 0.25) is 5.91 Å². The van der Waals surface area contributed by atoms with E-state index >= 15 is 0 Å². The molecule has 0 saturated carbocycles. The second-order valence-electron chi connectivity index (χ2n) is 5.93. The summed E-state index contributed by atoms with van der Waals surface area (Å²) in [5.41, 5.74) is 1.16. The zero-order valence-electron chi connectivity index (χ0n) is 13.5. The molecule has 0 radical (unpaired) electrons. The van der Waals surface area contributed by atoms with Gasteiger partial charge in [-0.05, 0) is 43.5 Å². The number of nitrogens with zero attached hydrogens (tertiary/aromatic N) is 2. The highest BCUT2D eigenvalue weighted by molar-refractivity contribution is 5.94. The smallest absolute Gasteiger partial charge is 0.253 e. The Morgan fingerprint density at radius 3 is 2.48 bits per heavy atom. The molecule has 0 atom stereocenters. The van der Waals surface area contributed by atoms with Gasteiger partial charge < -0.3 is 10.2 Å². The summed E-state index contributed by atoms with van der Waals surface area (Å²) in [4.78, 5) is 26.0. The first kappa shape index (κ1) is 17.0. The van der Waals surface area contributed by atoms with Gasteiger partial charge in [0.05, 0.1) is 11.6 Å². The molecule has 1 aromatic carbocycles.